The summed E-state index contributed by atoms with van der Waals surface area (Å²) in [6.45, 7) is 3.55. The second-order valence-corrected chi connectivity index (χ2v) is 5.98. The van der Waals surface area contributed by atoms with Crippen molar-refractivity contribution in [2.24, 2.45) is 0 Å². The number of rotatable bonds is 5. The monoisotopic (exact) mass is 346 g/mol. The zero-order valence-corrected chi connectivity index (χ0v) is 13.8. The molecular weight excluding hydrogens is 326 g/mol. The molecule has 1 atom stereocenters. The smallest absolute Gasteiger partial charge is 0.251 e. The van der Waals surface area contributed by atoms with Gasteiger partial charge in [0.05, 0.1) is 19.3 Å². The fraction of sp³-hybridized carbons (Fsp3) is 0.316. The van der Waals surface area contributed by atoms with E-state index in [9.17, 15) is 13.6 Å². The summed E-state index contributed by atoms with van der Waals surface area (Å²) in [5, 5.41) is 2.93. The molecule has 1 aliphatic rings. The number of carbonyl (C=O) groups excluding carboxylic acids is 1. The number of nitrogens with one attached hydrogen (secondary N) is 1. The van der Waals surface area contributed by atoms with Crippen molar-refractivity contribution >= 4 is 5.91 Å². The predicted molar refractivity (Wildman–Crippen MR) is 90.3 cm³/mol. The van der Waals surface area contributed by atoms with Gasteiger partial charge in [0.2, 0.25) is 0 Å². The molecule has 1 heterocycles. The second kappa shape index (κ2) is 8.18. The molecule has 1 aliphatic heterocycles. The summed E-state index contributed by atoms with van der Waals surface area (Å²) in [7, 11) is 0. The van der Waals surface area contributed by atoms with Gasteiger partial charge >= 0.3 is 0 Å². The molecule has 0 unspecified atom stereocenters. The fourth-order valence-corrected chi connectivity index (χ4v) is 2.84. The van der Waals surface area contributed by atoms with Crippen molar-refractivity contribution in [3.63, 3.8) is 0 Å². The first kappa shape index (κ1) is 17.5. The Balaban J connectivity index is 1.76. The van der Waals surface area contributed by atoms with Gasteiger partial charge in [-0.1, -0.05) is 30.3 Å². The third kappa shape index (κ3) is 4.61. The summed E-state index contributed by atoms with van der Waals surface area (Å²) < 4.78 is 31.8. The lowest BCUT2D eigenvalue weighted by atomic mass is 10.1. The summed E-state index contributed by atoms with van der Waals surface area (Å²) >= 11 is 0. The number of benzene rings is 2. The van der Waals surface area contributed by atoms with E-state index < -0.39 is 17.5 Å². The van der Waals surface area contributed by atoms with Gasteiger partial charge < -0.3 is 10.1 Å². The maximum atomic E-state index is 13.4. The third-order valence-corrected chi connectivity index (χ3v) is 4.23. The van der Waals surface area contributed by atoms with Gasteiger partial charge in [0.25, 0.3) is 5.91 Å². The lowest BCUT2D eigenvalue weighted by Gasteiger charge is -2.31. The average molecular weight is 346 g/mol. The highest BCUT2D eigenvalue weighted by Crippen LogP contribution is 2.17. The maximum absolute atomic E-state index is 13.4. The first-order valence-corrected chi connectivity index (χ1v) is 8.24. The van der Waals surface area contributed by atoms with E-state index >= 15 is 0 Å². The van der Waals surface area contributed by atoms with Crippen molar-refractivity contribution < 1.29 is 18.3 Å². The Morgan fingerprint density at radius 3 is 2.48 bits per heavy atom. The van der Waals surface area contributed by atoms with Crippen molar-refractivity contribution in [3.05, 3.63) is 71.3 Å². The lowest BCUT2D eigenvalue weighted by Crippen LogP contribution is -2.43. The van der Waals surface area contributed by atoms with Crippen molar-refractivity contribution in [1.82, 2.24) is 10.2 Å². The van der Waals surface area contributed by atoms with Crippen LogP contribution in [0.25, 0.3) is 0 Å². The molecule has 2 aromatic rings. The molecular formula is C19H20F2N2O2. The van der Waals surface area contributed by atoms with Gasteiger partial charge in [-0.2, -0.15) is 0 Å². The van der Waals surface area contributed by atoms with Crippen LogP contribution >= 0.6 is 0 Å². The van der Waals surface area contributed by atoms with Crippen LogP contribution in [-0.2, 0) is 4.74 Å². The zero-order valence-electron chi connectivity index (χ0n) is 13.8. The van der Waals surface area contributed by atoms with Gasteiger partial charge in [-0.15, -0.1) is 0 Å². The first-order chi connectivity index (χ1) is 12.1. The highest BCUT2D eigenvalue weighted by Gasteiger charge is 2.21. The lowest BCUT2D eigenvalue weighted by molar-refractivity contribution is 0.0332. The summed E-state index contributed by atoms with van der Waals surface area (Å²) in [5.41, 5.74) is 1.06. The summed E-state index contributed by atoms with van der Waals surface area (Å²) in [5.74, 6) is -2.43. The topological polar surface area (TPSA) is 41.6 Å². The molecule has 1 saturated heterocycles. The quantitative estimate of drug-likeness (QED) is 0.905. The van der Waals surface area contributed by atoms with Crippen LogP contribution in [-0.4, -0.2) is 43.7 Å². The predicted octanol–water partition coefficient (Wildman–Crippen LogP) is 2.77. The van der Waals surface area contributed by atoms with E-state index in [0.717, 1.165) is 30.8 Å². The molecule has 1 fully saturated rings. The molecule has 0 saturated carbocycles. The largest absolute Gasteiger partial charge is 0.379 e. The molecule has 2 aromatic carbocycles. The number of carbonyl (C=O) groups is 1. The zero-order chi connectivity index (χ0) is 17.6. The number of hydrogen-bond donors (Lipinski definition) is 1. The first-order valence-electron chi connectivity index (χ1n) is 8.24. The van der Waals surface area contributed by atoms with E-state index in [0.29, 0.717) is 19.8 Å². The Labute approximate surface area is 145 Å². The Morgan fingerprint density at radius 1 is 1.08 bits per heavy atom. The number of ether oxygens (including phenoxy) is 1. The van der Waals surface area contributed by atoms with Crippen LogP contribution in [0.3, 0.4) is 0 Å². The Hall–Kier alpha value is -2.31. The Bertz CT molecular complexity index is 719. The summed E-state index contributed by atoms with van der Waals surface area (Å²) in [6.07, 6.45) is 0. The van der Waals surface area contributed by atoms with E-state index in [1.807, 2.05) is 30.3 Å². The van der Waals surface area contributed by atoms with Gasteiger partial charge in [-0.05, 0) is 23.8 Å². The van der Waals surface area contributed by atoms with E-state index in [1.54, 1.807) is 0 Å². The van der Waals surface area contributed by atoms with E-state index in [2.05, 4.69) is 10.2 Å². The normalized spacial score (nSPS) is 16.4. The van der Waals surface area contributed by atoms with Crippen LogP contribution in [0.15, 0.2) is 48.5 Å². The Morgan fingerprint density at radius 2 is 1.80 bits per heavy atom. The minimum atomic E-state index is -1.03. The second-order valence-electron chi connectivity index (χ2n) is 5.98. The molecule has 0 aromatic heterocycles. The highest BCUT2D eigenvalue weighted by molar-refractivity contribution is 5.94. The van der Waals surface area contributed by atoms with Crippen LogP contribution in [0.1, 0.15) is 22.0 Å². The number of nitrogens with zero attached hydrogens (tertiary/aromatic N) is 1. The summed E-state index contributed by atoms with van der Waals surface area (Å²) in [4.78, 5) is 14.7. The summed E-state index contributed by atoms with van der Waals surface area (Å²) in [6, 6.07) is 12.5. The van der Waals surface area contributed by atoms with Crippen LogP contribution < -0.4 is 5.32 Å². The van der Waals surface area contributed by atoms with Crippen LogP contribution in [0, 0.1) is 11.6 Å². The van der Waals surface area contributed by atoms with Gasteiger partial charge in [0.15, 0.2) is 11.6 Å². The van der Waals surface area contributed by atoms with E-state index in [4.69, 9.17) is 4.74 Å². The van der Waals surface area contributed by atoms with Gasteiger partial charge in [-0.25, -0.2) is 8.78 Å². The highest BCUT2D eigenvalue weighted by atomic mass is 19.2. The molecule has 0 radical (unpaired) electrons. The van der Waals surface area contributed by atoms with Crippen molar-refractivity contribution in [1.29, 1.82) is 0 Å². The maximum Gasteiger partial charge on any atom is 0.251 e. The standard InChI is InChI=1S/C19H20F2N2O2/c20-16-7-6-15(12-17(16)21)19(24)22-18(14-4-2-1-3-5-14)13-23-8-10-25-11-9-23/h1-7,12,18H,8-11,13H2,(H,22,24)/t18-/m1/s1. The van der Waals surface area contributed by atoms with Gasteiger partial charge in [-0.3, -0.25) is 9.69 Å². The molecule has 0 bridgehead atoms. The molecule has 0 spiro atoms. The van der Waals surface area contributed by atoms with Gasteiger partial charge in [0, 0.05) is 25.2 Å². The van der Waals surface area contributed by atoms with Gasteiger partial charge in [0.1, 0.15) is 0 Å². The van der Waals surface area contributed by atoms with Crippen molar-refractivity contribution in [3.8, 4) is 0 Å². The molecule has 1 amide bonds. The average Bonchev–Trinajstić information content (AvgIpc) is 2.65. The molecule has 0 aliphatic carbocycles. The third-order valence-electron chi connectivity index (χ3n) is 4.23. The molecule has 4 nitrogen and oxygen atoms in total. The number of amides is 1. The van der Waals surface area contributed by atoms with E-state index in [-0.39, 0.29) is 11.6 Å². The Kier molecular flexibility index (Phi) is 5.73. The molecule has 25 heavy (non-hydrogen) atoms. The van der Waals surface area contributed by atoms with E-state index in [1.165, 1.54) is 6.07 Å². The van der Waals surface area contributed by atoms with Crippen molar-refractivity contribution in [2.45, 2.75) is 6.04 Å². The van der Waals surface area contributed by atoms with Crippen LogP contribution in [0.4, 0.5) is 8.78 Å². The molecule has 3 rings (SSSR count). The fourth-order valence-electron chi connectivity index (χ4n) is 2.84. The number of halogens is 2. The molecule has 1 N–H and O–H groups in total. The molecule has 6 heteroatoms. The SMILES string of the molecule is O=C(N[C@H](CN1CCOCC1)c1ccccc1)c1ccc(F)c(F)c1. The number of morpholine rings is 1. The van der Waals surface area contributed by atoms with Crippen LogP contribution in [0.5, 0.6) is 0 Å². The minimum absolute atomic E-state index is 0.0989. The minimum Gasteiger partial charge on any atom is -0.379 e. The molecule has 132 valence electrons. The number of hydrogen-bond acceptors (Lipinski definition) is 3. The van der Waals surface area contributed by atoms with Crippen LogP contribution in [0.2, 0.25) is 0 Å². The van der Waals surface area contributed by atoms with Crippen molar-refractivity contribution in [2.75, 3.05) is 32.8 Å².